The van der Waals surface area contributed by atoms with Crippen molar-refractivity contribution in [2.75, 3.05) is 0 Å². The molecule has 0 spiro atoms. The maximum absolute atomic E-state index is 9.30. The molecule has 0 aromatic carbocycles. The number of aliphatic hydroxyl groups excluding tert-OH is 1. The molecular weight excluding hydrogens is 228 g/mol. The van der Waals surface area contributed by atoms with E-state index in [1.54, 1.807) is 0 Å². The summed E-state index contributed by atoms with van der Waals surface area (Å²) in [6, 6.07) is 0. The van der Waals surface area contributed by atoms with Gasteiger partial charge in [-0.3, -0.25) is 0 Å². The van der Waals surface area contributed by atoms with Gasteiger partial charge in [-0.25, -0.2) is 0 Å². The van der Waals surface area contributed by atoms with Gasteiger partial charge in [0.15, 0.2) is 5.82 Å². The van der Waals surface area contributed by atoms with Crippen molar-refractivity contribution in [1.82, 2.24) is 10.1 Å². The normalized spacial score (nSPS) is 36.3. The number of aromatic nitrogens is 2. The topological polar surface area (TPSA) is 59.2 Å². The van der Waals surface area contributed by atoms with Crippen molar-refractivity contribution in [3.05, 3.63) is 11.7 Å². The van der Waals surface area contributed by atoms with Gasteiger partial charge in [-0.05, 0) is 44.4 Å². The molecule has 2 aliphatic rings. The second-order valence-corrected chi connectivity index (χ2v) is 5.94. The number of aliphatic hydroxyl groups is 1. The third-order valence-corrected chi connectivity index (χ3v) is 4.71. The van der Waals surface area contributed by atoms with Crippen LogP contribution in [-0.4, -0.2) is 21.4 Å². The molecule has 18 heavy (non-hydrogen) atoms. The zero-order chi connectivity index (χ0) is 12.5. The summed E-state index contributed by atoms with van der Waals surface area (Å²) in [5, 5.41) is 13.5. The lowest BCUT2D eigenvalue weighted by atomic mass is 9.80. The first-order valence-electron chi connectivity index (χ1n) is 7.27. The summed E-state index contributed by atoms with van der Waals surface area (Å²) in [6.45, 7) is 2.28. The third-order valence-electron chi connectivity index (χ3n) is 4.71. The van der Waals surface area contributed by atoms with Crippen molar-refractivity contribution in [1.29, 1.82) is 0 Å². The molecule has 0 saturated heterocycles. The molecule has 4 heteroatoms. The summed E-state index contributed by atoms with van der Waals surface area (Å²) in [5.74, 6) is 3.34. The number of nitrogens with zero attached hydrogens (tertiary/aromatic N) is 2. The monoisotopic (exact) mass is 250 g/mol. The molecule has 100 valence electrons. The largest absolute Gasteiger partial charge is 0.393 e. The molecule has 3 rings (SSSR count). The van der Waals surface area contributed by atoms with Crippen LogP contribution in [0.25, 0.3) is 0 Å². The van der Waals surface area contributed by atoms with Crippen molar-refractivity contribution in [2.24, 2.45) is 5.92 Å². The third kappa shape index (κ3) is 2.30. The van der Waals surface area contributed by atoms with Gasteiger partial charge in [-0.1, -0.05) is 18.5 Å². The van der Waals surface area contributed by atoms with E-state index in [4.69, 9.17) is 4.52 Å². The van der Waals surface area contributed by atoms with Gasteiger partial charge in [0, 0.05) is 11.8 Å². The van der Waals surface area contributed by atoms with Crippen LogP contribution < -0.4 is 0 Å². The average Bonchev–Trinajstić information content (AvgIpc) is 2.84. The summed E-state index contributed by atoms with van der Waals surface area (Å²) in [4.78, 5) is 4.55. The molecule has 0 radical (unpaired) electrons. The Kier molecular flexibility index (Phi) is 3.37. The average molecular weight is 250 g/mol. The van der Waals surface area contributed by atoms with E-state index in [2.05, 4.69) is 17.1 Å². The van der Waals surface area contributed by atoms with E-state index >= 15 is 0 Å². The van der Waals surface area contributed by atoms with Crippen LogP contribution in [0.2, 0.25) is 0 Å². The first-order valence-corrected chi connectivity index (χ1v) is 7.27. The van der Waals surface area contributed by atoms with Gasteiger partial charge in [0.25, 0.3) is 0 Å². The van der Waals surface area contributed by atoms with Crippen LogP contribution in [-0.2, 0) is 0 Å². The Balaban J connectivity index is 1.60. The SMILES string of the molecule is CCC1CCC(c2noc(C3CC(O)C3)n2)CC1. The lowest BCUT2D eigenvalue weighted by molar-refractivity contribution is 0.0625. The quantitative estimate of drug-likeness (QED) is 0.896. The van der Waals surface area contributed by atoms with E-state index in [0.717, 1.165) is 30.5 Å². The van der Waals surface area contributed by atoms with Crippen molar-refractivity contribution in [3.8, 4) is 0 Å². The van der Waals surface area contributed by atoms with Crippen LogP contribution >= 0.6 is 0 Å². The Morgan fingerprint density at radius 1 is 1.17 bits per heavy atom. The van der Waals surface area contributed by atoms with E-state index < -0.39 is 0 Å². The Bertz CT molecular complexity index is 390. The minimum Gasteiger partial charge on any atom is -0.393 e. The summed E-state index contributed by atoms with van der Waals surface area (Å²) in [5.41, 5.74) is 0. The van der Waals surface area contributed by atoms with Gasteiger partial charge in [0.05, 0.1) is 6.10 Å². The molecule has 2 aliphatic carbocycles. The van der Waals surface area contributed by atoms with Gasteiger partial charge in [-0.15, -0.1) is 0 Å². The molecule has 0 amide bonds. The zero-order valence-electron chi connectivity index (χ0n) is 11.0. The van der Waals surface area contributed by atoms with Gasteiger partial charge < -0.3 is 9.63 Å². The van der Waals surface area contributed by atoms with Gasteiger partial charge in [0.1, 0.15) is 0 Å². The van der Waals surface area contributed by atoms with E-state index in [9.17, 15) is 5.11 Å². The molecule has 2 saturated carbocycles. The first-order chi connectivity index (χ1) is 8.76. The summed E-state index contributed by atoms with van der Waals surface area (Å²) >= 11 is 0. The van der Waals surface area contributed by atoms with E-state index in [-0.39, 0.29) is 6.10 Å². The fourth-order valence-corrected chi connectivity index (χ4v) is 3.20. The van der Waals surface area contributed by atoms with Gasteiger partial charge >= 0.3 is 0 Å². The number of hydrogen-bond donors (Lipinski definition) is 1. The molecule has 2 fully saturated rings. The highest BCUT2D eigenvalue weighted by molar-refractivity contribution is 5.04. The molecule has 0 bridgehead atoms. The highest BCUT2D eigenvalue weighted by Gasteiger charge is 2.34. The minimum atomic E-state index is -0.162. The second kappa shape index (κ2) is 5.00. The molecule has 4 nitrogen and oxygen atoms in total. The molecule has 0 atom stereocenters. The van der Waals surface area contributed by atoms with E-state index in [1.807, 2.05) is 0 Å². The minimum absolute atomic E-state index is 0.162. The van der Waals surface area contributed by atoms with Crippen molar-refractivity contribution < 1.29 is 9.63 Å². The molecular formula is C14H22N2O2. The molecule has 1 aromatic rings. The fourth-order valence-electron chi connectivity index (χ4n) is 3.20. The van der Waals surface area contributed by atoms with Crippen LogP contribution in [0.1, 0.15) is 75.4 Å². The Labute approximate surface area is 108 Å². The molecule has 0 aliphatic heterocycles. The van der Waals surface area contributed by atoms with Crippen molar-refractivity contribution >= 4 is 0 Å². The predicted molar refractivity (Wildman–Crippen MR) is 67.3 cm³/mol. The lowest BCUT2D eigenvalue weighted by Gasteiger charge is -2.28. The number of hydrogen-bond acceptors (Lipinski definition) is 4. The molecule has 0 unspecified atom stereocenters. The van der Waals surface area contributed by atoms with Crippen molar-refractivity contribution in [2.45, 2.75) is 69.8 Å². The van der Waals surface area contributed by atoms with Crippen LogP contribution in [0, 0.1) is 5.92 Å². The van der Waals surface area contributed by atoms with E-state index in [1.165, 1.54) is 32.1 Å². The smallest absolute Gasteiger partial charge is 0.229 e. The van der Waals surface area contributed by atoms with Crippen LogP contribution in [0.5, 0.6) is 0 Å². The highest BCUT2D eigenvalue weighted by Crippen LogP contribution is 2.39. The predicted octanol–water partition coefficient (Wildman–Crippen LogP) is 2.99. The number of rotatable bonds is 3. The summed E-state index contributed by atoms with van der Waals surface area (Å²) in [7, 11) is 0. The summed E-state index contributed by atoms with van der Waals surface area (Å²) in [6.07, 6.45) is 7.69. The molecule has 1 heterocycles. The zero-order valence-corrected chi connectivity index (χ0v) is 11.0. The first kappa shape index (κ1) is 12.2. The lowest BCUT2D eigenvalue weighted by Crippen LogP contribution is -2.26. The molecule has 1 N–H and O–H groups in total. The van der Waals surface area contributed by atoms with E-state index in [0.29, 0.717) is 11.8 Å². The Morgan fingerprint density at radius 3 is 2.50 bits per heavy atom. The Hall–Kier alpha value is -0.900. The fraction of sp³-hybridized carbons (Fsp3) is 0.857. The maximum atomic E-state index is 9.30. The van der Waals surface area contributed by atoms with Gasteiger partial charge in [-0.2, -0.15) is 4.98 Å². The van der Waals surface area contributed by atoms with Crippen LogP contribution in [0.15, 0.2) is 4.52 Å². The second-order valence-electron chi connectivity index (χ2n) is 5.94. The summed E-state index contributed by atoms with van der Waals surface area (Å²) < 4.78 is 5.35. The molecule has 1 aromatic heterocycles. The van der Waals surface area contributed by atoms with Crippen LogP contribution in [0.3, 0.4) is 0 Å². The highest BCUT2D eigenvalue weighted by atomic mass is 16.5. The van der Waals surface area contributed by atoms with Crippen molar-refractivity contribution in [3.63, 3.8) is 0 Å². The Morgan fingerprint density at radius 2 is 1.89 bits per heavy atom. The van der Waals surface area contributed by atoms with Gasteiger partial charge in [0.2, 0.25) is 5.89 Å². The van der Waals surface area contributed by atoms with Crippen LogP contribution in [0.4, 0.5) is 0 Å². The maximum Gasteiger partial charge on any atom is 0.229 e. The standard InChI is InChI=1S/C14H22N2O2/c1-2-9-3-5-10(6-4-9)13-15-14(18-16-13)11-7-12(17)8-11/h9-12,17H,2-8H2,1H3.